The van der Waals surface area contributed by atoms with Crippen LogP contribution in [-0.2, 0) is 32.0 Å². The van der Waals surface area contributed by atoms with Gasteiger partial charge in [-0.05, 0) is 23.0 Å². The molecule has 0 aliphatic rings. The lowest BCUT2D eigenvalue weighted by Gasteiger charge is -2.28. The maximum atomic E-state index is 13.5. The van der Waals surface area contributed by atoms with Crippen molar-refractivity contribution < 1.29 is 24.3 Å². The number of amides is 3. The molecule has 0 radical (unpaired) electrons. The van der Waals surface area contributed by atoms with E-state index in [2.05, 4.69) is 16.0 Å². The number of nitrogens with one attached hydrogen (secondary N) is 3. The van der Waals surface area contributed by atoms with Crippen LogP contribution in [0.5, 0.6) is 0 Å². The predicted octanol–water partition coefficient (Wildman–Crippen LogP) is 2.04. The molecule has 0 saturated carbocycles. The summed E-state index contributed by atoms with van der Waals surface area (Å²) in [4.78, 5) is 51.4. The van der Waals surface area contributed by atoms with Crippen LogP contribution in [0.15, 0.2) is 60.7 Å². The first-order valence-corrected chi connectivity index (χ1v) is 13.0. The summed E-state index contributed by atoms with van der Waals surface area (Å²) in [5, 5.41) is 17.8. The predicted molar refractivity (Wildman–Crippen MR) is 146 cm³/mol. The van der Waals surface area contributed by atoms with Gasteiger partial charge in [-0.3, -0.25) is 14.4 Å². The Morgan fingerprint density at radius 2 is 1.21 bits per heavy atom. The maximum absolute atomic E-state index is 13.5. The normalized spacial score (nSPS) is 15.0. The Hall–Kier alpha value is -3.72. The molecule has 0 aliphatic heterocycles. The quantitative estimate of drug-likeness (QED) is 0.255. The van der Waals surface area contributed by atoms with Crippen molar-refractivity contribution in [3.63, 3.8) is 0 Å². The Bertz CT molecular complexity index is 1060. The summed E-state index contributed by atoms with van der Waals surface area (Å²) in [7, 11) is 0. The van der Waals surface area contributed by atoms with Gasteiger partial charge in [-0.1, -0.05) is 94.8 Å². The van der Waals surface area contributed by atoms with Gasteiger partial charge in [0.05, 0.1) is 6.04 Å². The van der Waals surface area contributed by atoms with Gasteiger partial charge in [0, 0.05) is 12.8 Å². The Labute approximate surface area is 224 Å². The lowest BCUT2D eigenvalue weighted by molar-refractivity contribution is -0.142. The van der Waals surface area contributed by atoms with Crippen LogP contribution in [0.4, 0.5) is 0 Å². The van der Waals surface area contributed by atoms with Crippen LogP contribution in [0.25, 0.3) is 0 Å². The third-order valence-corrected chi connectivity index (χ3v) is 6.63. The second-order valence-corrected chi connectivity index (χ2v) is 9.98. The van der Waals surface area contributed by atoms with Crippen LogP contribution in [-0.4, -0.2) is 53.0 Å². The van der Waals surface area contributed by atoms with Crippen molar-refractivity contribution in [2.45, 2.75) is 71.1 Å². The Balaban J connectivity index is 2.23. The highest BCUT2D eigenvalue weighted by Gasteiger charge is 2.33. The fraction of sp³-hybridized carbons (Fsp3) is 0.448. The van der Waals surface area contributed by atoms with Crippen molar-refractivity contribution >= 4 is 23.7 Å². The molecule has 0 aromatic heterocycles. The third kappa shape index (κ3) is 9.30. The summed E-state index contributed by atoms with van der Waals surface area (Å²) in [6.07, 6.45) is 0.857. The Morgan fingerprint density at radius 1 is 0.737 bits per heavy atom. The number of carboxylic acid groups (broad SMARTS) is 1. The summed E-state index contributed by atoms with van der Waals surface area (Å²) in [6, 6.07) is 14.2. The lowest BCUT2D eigenvalue weighted by Crippen LogP contribution is -2.59. The minimum atomic E-state index is -1.17. The third-order valence-electron chi connectivity index (χ3n) is 6.63. The Kier molecular flexibility index (Phi) is 11.9. The molecule has 2 rings (SSSR count). The first kappa shape index (κ1) is 30.5. The zero-order chi connectivity index (χ0) is 28.2. The molecule has 3 amide bonds. The molecule has 0 heterocycles. The first-order valence-electron chi connectivity index (χ1n) is 13.0. The SMILES string of the molecule is CCC(C)C(NC(=O)C(Cc1ccccc1)NC(=O)C(N)C(C)C)C(=O)NC(Cc1ccccc1)C(=O)O. The zero-order valence-corrected chi connectivity index (χ0v) is 22.5. The molecular weight excluding hydrogens is 484 g/mol. The molecule has 0 spiro atoms. The number of nitrogens with two attached hydrogens (primary N) is 1. The molecule has 0 fully saturated rings. The van der Waals surface area contributed by atoms with Crippen LogP contribution < -0.4 is 21.7 Å². The van der Waals surface area contributed by atoms with E-state index in [1.165, 1.54) is 0 Å². The van der Waals surface area contributed by atoms with Gasteiger partial charge in [-0.2, -0.15) is 0 Å². The highest BCUT2D eigenvalue weighted by Crippen LogP contribution is 2.12. The van der Waals surface area contributed by atoms with E-state index >= 15 is 0 Å². The van der Waals surface area contributed by atoms with Gasteiger partial charge in [0.15, 0.2) is 0 Å². The fourth-order valence-electron chi connectivity index (χ4n) is 3.90. The molecular formula is C29H40N4O5. The zero-order valence-electron chi connectivity index (χ0n) is 22.5. The monoisotopic (exact) mass is 524 g/mol. The summed E-state index contributed by atoms with van der Waals surface area (Å²) in [5.74, 6) is -3.21. The topological polar surface area (TPSA) is 151 Å². The van der Waals surface area contributed by atoms with Gasteiger partial charge in [-0.25, -0.2) is 4.79 Å². The number of benzene rings is 2. The minimum Gasteiger partial charge on any atom is -0.480 e. The molecule has 9 heteroatoms. The number of hydrogen-bond donors (Lipinski definition) is 5. The van der Waals surface area contributed by atoms with E-state index in [0.29, 0.717) is 6.42 Å². The molecule has 6 N–H and O–H groups in total. The van der Waals surface area contributed by atoms with Crippen molar-refractivity contribution in [1.29, 1.82) is 0 Å². The lowest BCUT2D eigenvalue weighted by atomic mass is 9.96. The van der Waals surface area contributed by atoms with Gasteiger partial charge in [0.25, 0.3) is 0 Å². The standard InChI is InChI=1S/C29H40N4O5/c1-5-19(4)25(28(36)32-23(29(37)38)17-21-14-10-7-11-15-21)33-26(34)22(16-20-12-8-6-9-13-20)31-27(35)24(30)18(2)3/h6-15,18-19,22-25H,5,16-17,30H2,1-4H3,(H,31,35)(H,32,36)(H,33,34)(H,37,38). The van der Waals surface area contributed by atoms with Gasteiger partial charge in [0.2, 0.25) is 17.7 Å². The van der Waals surface area contributed by atoms with Gasteiger partial charge in [-0.15, -0.1) is 0 Å². The van der Waals surface area contributed by atoms with Gasteiger partial charge in [0.1, 0.15) is 18.1 Å². The van der Waals surface area contributed by atoms with Crippen LogP contribution in [0, 0.1) is 11.8 Å². The highest BCUT2D eigenvalue weighted by atomic mass is 16.4. The number of hydrogen-bond acceptors (Lipinski definition) is 5. The summed E-state index contributed by atoms with van der Waals surface area (Å²) in [5.41, 5.74) is 7.59. The molecule has 206 valence electrons. The summed E-state index contributed by atoms with van der Waals surface area (Å²) >= 11 is 0. The van der Waals surface area contributed by atoms with Crippen molar-refractivity contribution in [2.24, 2.45) is 17.6 Å². The van der Waals surface area contributed by atoms with Gasteiger partial charge < -0.3 is 26.8 Å². The van der Waals surface area contributed by atoms with E-state index in [0.717, 1.165) is 11.1 Å². The highest BCUT2D eigenvalue weighted by molar-refractivity contribution is 5.94. The number of carbonyl (C=O) groups is 4. The molecule has 38 heavy (non-hydrogen) atoms. The average molecular weight is 525 g/mol. The fourth-order valence-corrected chi connectivity index (χ4v) is 3.90. The summed E-state index contributed by atoms with van der Waals surface area (Å²) < 4.78 is 0. The minimum absolute atomic E-state index is 0.100. The first-order chi connectivity index (χ1) is 18.0. The van der Waals surface area contributed by atoms with Crippen LogP contribution in [0.1, 0.15) is 45.2 Å². The molecule has 5 atom stereocenters. The number of carbonyl (C=O) groups excluding carboxylic acids is 3. The van der Waals surface area contributed by atoms with Crippen LogP contribution in [0.3, 0.4) is 0 Å². The molecule has 0 saturated heterocycles. The Morgan fingerprint density at radius 3 is 1.66 bits per heavy atom. The van der Waals surface area contributed by atoms with E-state index < -0.39 is 47.9 Å². The molecule has 0 bridgehead atoms. The van der Waals surface area contributed by atoms with Crippen molar-refractivity contribution in [1.82, 2.24) is 16.0 Å². The molecule has 0 aliphatic carbocycles. The average Bonchev–Trinajstić information content (AvgIpc) is 2.90. The van der Waals surface area contributed by atoms with Crippen molar-refractivity contribution in [3.8, 4) is 0 Å². The molecule has 2 aromatic carbocycles. The van der Waals surface area contributed by atoms with E-state index in [1.54, 1.807) is 31.2 Å². The smallest absolute Gasteiger partial charge is 0.326 e. The largest absolute Gasteiger partial charge is 0.480 e. The number of carboxylic acids is 1. The molecule has 9 nitrogen and oxygen atoms in total. The van der Waals surface area contributed by atoms with E-state index in [1.807, 2.05) is 57.2 Å². The van der Waals surface area contributed by atoms with Crippen molar-refractivity contribution in [2.75, 3.05) is 0 Å². The van der Waals surface area contributed by atoms with Crippen molar-refractivity contribution in [3.05, 3.63) is 71.8 Å². The second kappa shape index (κ2) is 14.9. The van der Waals surface area contributed by atoms with Crippen LogP contribution in [0.2, 0.25) is 0 Å². The van der Waals surface area contributed by atoms with E-state index in [-0.39, 0.29) is 24.7 Å². The number of rotatable bonds is 14. The molecule has 2 aromatic rings. The van der Waals surface area contributed by atoms with Gasteiger partial charge >= 0.3 is 5.97 Å². The summed E-state index contributed by atoms with van der Waals surface area (Å²) in [6.45, 7) is 7.31. The second-order valence-electron chi connectivity index (χ2n) is 9.98. The molecule has 5 unspecified atom stereocenters. The van der Waals surface area contributed by atoms with E-state index in [4.69, 9.17) is 5.73 Å². The maximum Gasteiger partial charge on any atom is 0.326 e. The van der Waals surface area contributed by atoms with E-state index in [9.17, 15) is 24.3 Å². The number of aliphatic carboxylic acids is 1. The van der Waals surface area contributed by atoms with Crippen LogP contribution >= 0.6 is 0 Å².